The number of hydrogen-bond acceptors (Lipinski definition) is 4. The zero-order chi connectivity index (χ0) is 23.5. The molecule has 0 spiro atoms. The first kappa shape index (κ1) is 22.2. The molecule has 5 nitrogen and oxygen atoms in total. The zero-order valence-corrected chi connectivity index (χ0v) is 18.1. The predicted molar refractivity (Wildman–Crippen MR) is 122 cm³/mol. The Hall–Kier alpha value is -4.00. The number of Topliss-reactive ketones (excluding diaryl/α,β-unsaturated/α-hetero) is 1. The fourth-order valence-electron chi connectivity index (χ4n) is 3.67. The van der Waals surface area contributed by atoms with E-state index in [9.17, 15) is 18.4 Å². The molecule has 4 aromatic rings. The molecule has 0 amide bonds. The third kappa shape index (κ3) is 4.48. The highest BCUT2D eigenvalue weighted by molar-refractivity contribution is 5.94. The van der Waals surface area contributed by atoms with Gasteiger partial charge in [0, 0.05) is 23.6 Å². The third-order valence-electron chi connectivity index (χ3n) is 5.30. The Morgan fingerprint density at radius 2 is 1.67 bits per heavy atom. The number of rotatable bonds is 7. The van der Waals surface area contributed by atoms with Crippen LogP contribution < -0.4 is 14.9 Å². The van der Waals surface area contributed by atoms with Crippen molar-refractivity contribution in [2.45, 2.75) is 6.92 Å². The fraction of sp³-hybridized carbons (Fsp3) is 0.154. The van der Waals surface area contributed by atoms with E-state index >= 15 is 0 Å². The minimum absolute atomic E-state index is 0.0169. The van der Waals surface area contributed by atoms with Gasteiger partial charge in [0.25, 0.3) is 0 Å². The lowest BCUT2D eigenvalue weighted by molar-refractivity contribution is 0.101. The Kier molecular flexibility index (Phi) is 6.22. The molecule has 0 saturated carbocycles. The molecule has 168 valence electrons. The highest BCUT2D eigenvalue weighted by atomic mass is 19.2. The van der Waals surface area contributed by atoms with Crippen LogP contribution in [0.3, 0.4) is 0 Å². The minimum atomic E-state index is -1.02. The first-order valence-corrected chi connectivity index (χ1v) is 10.3. The smallest absolute Gasteiger partial charge is 0.231 e. The lowest BCUT2D eigenvalue weighted by Crippen LogP contribution is -2.18. The van der Waals surface area contributed by atoms with Crippen molar-refractivity contribution in [2.24, 2.45) is 7.05 Å². The molecule has 0 fully saturated rings. The van der Waals surface area contributed by atoms with E-state index in [2.05, 4.69) is 0 Å². The van der Waals surface area contributed by atoms with E-state index in [0.29, 0.717) is 33.5 Å². The van der Waals surface area contributed by atoms with E-state index in [1.165, 1.54) is 13.0 Å². The number of carbonyl (C=O) groups is 1. The zero-order valence-electron chi connectivity index (χ0n) is 18.1. The lowest BCUT2D eigenvalue weighted by Gasteiger charge is -2.18. The van der Waals surface area contributed by atoms with Crippen LogP contribution in [0.5, 0.6) is 11.5 Å². The van der Waals surface area contributed by atoms with Gasteiger partial charge in [-0.1, -0.05) is 24.3 Å². The van der Waals surface area contributed by atoms with Gasteiger partial charge < -0.3 is 14.0 Å². The molecular weight excluding hydrogens is 428 g/mol. The van der Waals surface area contributed by atoms with Gasteiger partial charge in [0.05, 0.1) is 11.2 Å². The summed E-state index contributed by atoms with van der Waals surface area (Å²) in [4.78, 5) is 24.8. The van der Waals surface area contributed by atoms with E-state index in [4.69, 9.17) is 9.47 Å². The Morgan fingerprint density at radius 1 is 0.909 bits per heavy atom. The number of benzene rings is 3. The molecule has 7 heteroatoms. The average molecular weight is 449 g/mol. The van der Waals surface area contributed by atoms with Crippen LogP contribution in [0.2, 0.25) is 0 Å². The predicted octanol–water partition coefficient (Wildman–Crippen LogP) is 5.14. The first-order chi connectivity index (χ1) is 15.9. The Balaban J connectivity index is 1.67. The molecule has 0 saturated heterocycles. The van der Waals surface area contributed by atoms with Gasteiger partial charge in [-0.3, -0.25) is 9.59 Å². The Bertz CT molecular complexity index is 1410. The number of para-hydroxylation sites is 1. The normalized spacial score (nSPS) is 10.9. The quantitative estimate of drug-likeness (QED) is 0.289. The number of pyridine rings is 1. The molecule has 0 bridgehead atoms. The van der Waals surface area contributed by atoms with Gasteiger partial charge in [-0.2, -0.15) is 0 Å². The molecule has 1 aromatic heterocycles. The summed E-state index contributed by atoms with van der Waals surface area (Å²) in [6.07, 6.45) is 0. The van der Waals surface area contributed by atoms with E-state index in [-0.39, 0.29) is 30.2 Å². The van der Waals surface area contributed by atoms with Crippen LogP contribution in [-0.2, 0) is 7.05 Å². The Labute approximate surface area is 188 Å². The summed E-state index contributed by atoms with van der Waals surface area (Å²) in [5, 5.41) is 0.441. The number of halogens is 2. The summed E-state index contributed by atoms with van der Waals surface area (Å²) in [7, 11) is 1.73. The van der Waals surface area contributed by atoms with Gasteiger partial charge in [-0.25, -0.2) is 8.78 Å². The molecule has 33 heavy (non-hydrogen) atoms. The van der Waals surface area contributed by atoms with Crippen molar-refractivity contribution >= 4 is 16.7 Å². The maximum absolute atomic E-state index is 14.0. The van der Waals surface area contributed by atoms with Crippen molar-refractivity contribution < 1.29 is 23.0 Å². The second-order valence-corrected chi connectivity index (χ2v) is 7.49. The first-order valence-electron chi connectivity index (χ1n) is 10.3. The van der Waals surface area contributed by atoms with E-state index in [1.807, 2.05) is 0 Å². The van der Waals surface area contributed by atoms with Crippen molar-refractivity contribution in [3.8, 4) is 22.8 Å². The van der Waals surface area contributed by atoms with Crippen molar-refractivity contribution in [3.05, 3.63) is 94.2 Å². The van der Waals surface area contributed by atoms with Crippen LogP contribution in [0, 0.1) is 11.6 Å². The van der Waals surface area contributed by atoms with Gasteiger partial charge in [-0.15, -0.1) is 0 Å². The largest absolute Gasteiger partial charge is 0.490 e. The van der Waals surface area contributed by atoms with Gasteiger partial charge in [0.15, 0.2) is 23.2 Å². The summed E-state index contributed by atoms with van der Waals surface area (Å²) in [6.45, 7) is 1.60. The number of ketones is 1. The van der Waals surface area contributed by atoms with Crippen molar-refractivity contribution in [1.29, 1.82) is 0 Å². The molecule has 3 aromatic carbocycles. The molecule has 0 aliphatic rings. The fourth-order valence-corrected chi connectivity index (χ4v) is 3.67. The van der Waals surface area contributed by atoms with Crippen molar-refractivity contribution in [2.75, 3.05) is 13.2 Å². The number of carbonyl (C=O) groups excluding carboxylic acids is 1. The molecule has 0 unspecified atom stereocenters. The topological polar surface area (TPSA) is 57.5 Å². The minimum Gasteiger partial charge on any atom is -0.490 e. The number of aryl methyl sites for hydroxylation is 1. The number of nitrogens with zero attached hydrogens (tertiary/aromatic N) is 1. The van der Waals surface area contributed by atoms with Gasteiger partial charge in [0.2, 0.25) is 5.43 Å². The van der Waals surface area contributed by atoms with Crippen LogP contribution in [0.25, 0.3) is 22.2 Å². The highest BCUT2D eigenvalue weighted by Crippen LogP contribution is 2.31. The van der Waals surface area contributed by atoms with Crippen LogP contribution >= 0.6 is 0 Å². The molecule has 1 heterocycles. The number of ether oxygens (including phenoxy) is 2. The Morgan fingerprint density at radius 3 is 2.42 bits per heavy atom. The van der Waals surface area contributed by atoms with E-state index < -0.39 is 11.6 Å². The summed E-state index contributed by atoms with van der Waals surface area (Å²) in [5.74, 6) is -1.56. The summed E-state index contributed by atoms with van der Waals surface area (Å²) >= 11 is 0. The van der Waals surface area contributed by atoms with Crippen LogP contribution in [0.4, 0.5) is 8.78 Å². The lowest BCUT2D eigenvalue weighted by atomic mass is 10.1. The highest BCUT2D eigenvalue weighted by Gasteiger charge is 2.19. The SMILES string of the molecule is CC(=O)c1cccc(OCCOc2c(-c3ccc(F)c(F)c3)n(C)c3ccccc3c2=O)c1. The summed E-state index contributed by atoms with van der Waals surface area (Å²) in [5.41, 5.74) is 1.44. The third-order valence-corrected chi connectivity index (χ3v) is 5.30. The molecule has 0 aliphatic heterocycles. The van der Waals surface area contributed by atoms with Gasteiger partial charge in [0.1, 0.15) is 19.0 Å². The van der Waals surface area contributed by atoms with Gasteiger partial charge in [-0.05, 0) is 49.4 Å². The average Bonchev–Trinajstić information content (AvgIpc) is 2.82. The maximum atomic E-state index is 14.0. The molecule has 0 N–H and O–H groups in total. The maximum Gasteiger partial charge on any atom is 0.231 e. The molecular formula is C26H21F2NO4. The van der Waals surface area contributed by atoms with E-state index in [0.717, 1.165) is 12.1 Å². The van der Waals surface area contributed by atoms with Gasteiger partial charge >= 0.3 is 0 Å². The van der Waals surface area contributed by atoms with Crippen LogP contribution in [0.1, 0.15) is 17.3 Å². The monoisotopic (exact) mass is 449 g/mol. The van der Waals surface area contributed by atoms with Crippen LogP contribution in [0.15, 0.2) is 71.5 Å². The molecule has 0 radical (unpaired) electrons. The molecule has 0 aliphatic carbocycles. The second kappa shape index (κ2) is 9.24. The molecule has 0 atom stereocenters. The molecule has 4 rings (SSSR count). The van der Waals surface area contributed by atoms with Crippen molar-refractivity contribution in [3.63, 3.8) is 0 Å². The number of hydrogen-bond donors (Lipinski definition) is 0. The number of aromatic nitrogens is 1. The summed E-state index contributed by atoms with van der Waals surface area (Å²) in [6, 6.07) is 17.2. The van der Waals surface area contributed by atoms with E-state index in [1.54, 1.807) is 60.1 Å². The second-order valence-electron chi connectivity index (χ2n) is 7.49. The standard InChI is InChI=1S/C26H21F2NO4/c1-16(30)17-6-5-7-19(14-17)32-12-13-33-26-24(18-10-11-21(27)22(28)15-18)29(2)23-9-4-3-8-20(23)25(26)31/h3-11,14-15H,12-13H2,1-2H3. The number of fused-ring (bicyclic) bond motifs is 1. The van der Waals surface area contributed by atoms with Crippen LogP contribution in [-0.4, -0.2) is 23.6 Å². The van der Waals surface area contributed by atoms with Crippen molar-refractivity contribution in [1.82, 2.24) is 4.57 Å². The summed E-state index contributed by atoms with van der Waals surface area (Å²) < 4.78 is 40.7.